The lowest BCUT2D eigenvalue weighted by molar-refractivity contribution is -0.147. The van der Waals surface area contributed by atoms with Crippen LogP contribution in [-0.4, -0.2) is 46.3 Å². The van der Waals surface area contributed by atoms with Gasteiger partial charge in [0.25, 0.3) is 0 Å². The molecule has 35 heavy (non-hydrogen) atoms. The van der Waals surface area contributed by atoms with Crippen molar-refractivity contribution in [2.24, 2.45) is 5.92 Å². The lowest BCUT2D eigenvalue weighted by Crippen LogP contribution is -2.57. The number of barbiturate groups is 1. The Kier molecular flexibility index (Phi) is 4.43. The monoisotopic (exact) mass is 485 g/mol. The summed E-state index contributed by atoms with van der Waals surface area (Å²) in [4.78, 5) is 41.0. The van der Waals surface area contributed by atoms with E-state index in [-0.39, 0.29) is 11.8 Å². The summed E-state index contributed by atoms with van der Waals surface area (Å²) in [5, 5.41) is 3.63. The Labute approximate surface area is 207 Å². The number of urea groups is 1. The van der Waals surface area contributed by atoms with Crippen LogP contribution in [-0.2, 0) is 21.4 Å². The molecule has 0 radical (unpaired) electrons. The second kappa shape index (κ2) is 7.04. The Morgan fingerprint density at radius 1 is 0.857 bits per heavy atom. The molecule has 0 N–H and O–H groups in total. The second-order valence-electron chi connectivity index (χ2n) is 10.5. The van der Waals surface area contributed by atoms with Gasteiger partial charge >= 0.3 is 6.03 Å². The van der Waals surface area contributed by atoms with Crippen LogP contribution in [0.1, 0.15) is 41.0 Å². The number of aromatic nitrogens is 1. The summed E-state index contributed by atoms with van der Waals surface area (Å²) in [6.07, 6.45) is 0.282. The maximum atomic E-state index is 12.9. The summed E-state index contributed by atoms with van der Waals surface area (Å²) in [6.45, 7) is 8.77. The van der Waals surface area contributed by atoms with Crippen LogP contribution < -0.4 is 0 Å². The van der Waals surface area contributed by atoms with E-state index in [4.69, 9.17) is 0 Å². The van der Waals surface area contributed by atoms with Crippen LogP contribution in [0.3, 0.4) is 0 Å². The van der Waals surface area contributed by atoms with Gasteiger partial charge in [-0.3, -0.25) is 19.4 Å². The number of imide groups is 2. The number of hydrogen-bond acceptors (Lipinski definition) is 4. The average Bonchev–Trinajstić information content (AvgIpc) is 3.37. The number of hydrogen-bond donors (Lipinski definition) is 0. The number of thiophene rings is 1. The molecule has 2 aromatic carbocycles. The van der Waals surface area contributed by atoms with Gasteiger partial charge in [0.15, 0.2) is 0 Å². The summed E-state index contributed by atoms with van der Waals surface area (Å²) in [5.74, 6) is -1.77. The molecule has 0 atom stereocenters. The molecule has 178 valence electrons. The fourth-order valence-electron chi connectivity index (χ4n) is 5.75. The third-order valence-electron chi connectivity index (χ3n) is 7.71. The van der Waals surface area contributed by atoms with Gasteiger partial charge in [0.05, 0.1) is 11.0 Å². The van der Waals surface area contributed by atoms with E-state index < -0.39 is 23.8 Å². The predicted molar refractivity (Wildman–Crippen MR) is 138 cm³/mol. The van der Waals surface area contributed by atoms with Gasteiger partial charge in [0.2, 0.25) is 11.8 Å². The van der Waals surface area contributed by atoms with E-state index in [1.807, 2.05) is 0 Å². The van der Waals surface area contributed by atoms with E-state index in [2.05, 4.69) is 68.7 Å². The molecule has 2 aliphatic heterocycles. The first-order valence-electron chi connectivity index (χ1n) is 11.8. The van der Waals surface area contributed by atoms with Crippen LogP contribution in [0, 0.1) is 19.8 Å². The third-order valence-corrected chi connectivity index (χ3v) is 8.85. The molecule has 4 amide bonds. The highest BCUT2D eigenvalue weighted by molar-refractivity contribution is 7.14. The van der Waals surface area contributed by atoms with E-state index in [0.717, 1.165) is 25.2 Å². The first-order valence-corrected chi connectivity index (χ1v) is 12.6. The molecule has 2 aromatic heterocycles. The minimum Gasteiger partial charge on any atom is -0.300 e. The summed E-state index contributed by atoms with van der Waals surface area (Å²) in [5.41, 5.74) is 7.10. The van der Waals surface area contributed by atoms with Crippen LogP contribution in [0.5, 0.6) is 0 Å². The summed E-state index contributed by atoms with van der Waals surface area (Å²) < 4.78 is 2.36. The van der Waals surface area contributed by atoms with Crippen molar-refractivity contribution >= 4 is 51.0 Å². The first-order chi connectivity index (χ1) is 16.5. The van der Waals surface area contributed by atoms with Gasteiger partial charge in [-0.25, -0.2) is 4.79 Å². The molecule has 0 spiro atoms. The molecule has 0 saturated carbocycles. The molecule has 4 aromatic rings. The number of carbonyl (C=O) groups is 3. The molecule has 0 aliphatic carbocycles. The van der Waals surface area contributed by atoms with E-state index in [0.29, 0.717) is 0 Å². The molecule has 0 bridgehead atoms. The standard InChI is InChI=1S/C28H27N3O3S/c1-14-7-8-22-17(9-14)18-10-15(2)11-20-23(18)31(22)26-21(28(20,3)4)13-16(35-26)12-19-24(32)29(5)27(34)30(6)25(19)33/h7-11,13,19H,12H2,1-6H3. The smallest absolute Gasteiger partial charge is 0.300 e. The topological polar surface area (TPSA) is 62.6 Å². The number of fused-ring (bicyclic) bond motifs is 5. The van der Waals surface area contributed by atoms with Crippen LogP contribution in [0.4, 0.5) is 4.79 Å². The SMILES string of the molecule is Cc1ccc2c(c1)c1cc(C)cc3c1n2-c1sc(CC2C(=O)N(C)C(=O)N(C)C2=O)cc1C3(C)C. The van der Waals surface area contributed by atoms with Gasteiger partial charge < -0.3 is 4.57 Å². The van der Waals surface area contributed by atoms with Crippen molar-refractivity contribution in [2.45, 2.75) is 39.5 Å². The van der Waals surface area contributed by atoms with E-state index in [1.54, 1.807) is 11.3 Å². The molecule has 7 heteroatoms. The minimum atomic E-state index is -0.889. The molecule has 1 fully saturated rings. The number of aryl methyl sites for hydroxylation is 2. The molecule has 0 unspecified atom stereocenters. The maximum Gasteiger partial charge on any atom is 0.332 e. The van der Waals surface area contributed by atoms with E-state index in [1.165, 1.54) is 52.6 Å². The van der Waals surface area contributed by atoms with Crippen LogP contribution in [0.15, 0.2) is 36.4 Å². The highest BCUT2D eigenvalue weighted by Crippen LogP contribution is 2.50. The van der Waals surface area contributed by atoms with Crippen molar-refractivity contribution in [3.05, 3.63) is 63.5 Å². The fraction of sp³-hybridized carbons (Fsp3) is 0.321. The summed E-state index contributed by atoms with van der Waals surface area (Å²) >= 11 is 1.64. The lowest BCUT2D eigenvalue weighted by atomic mass is 9.75. The van der Waals surface area contributed by atoms with Crippen molar-refractivity contribution in [2.75, 3.05) is 14.1 Å². The lowest BCUT2D eigenvalue weighted by Gasteiger charge is -2.32. The van der Waals surface area contributed by atoms with Crippen LogP contribution in [0.2, 0.25) is 0 Å². The molecule has 6 nitrogen and oxygen atoms in total. The number of nitrogens with zero attached hydrogens (tertiary/aromatic N) is 3. The maximum absolute atomic E-state index is 12.9. The number of carbonyl (C=O) groups excluding carboxylic acids is 3. The van der Waals surface area contributed by atoms with Gasteiger partial charge in [0.1, 0.15) is 10.9 Å². The molecule has 6 rings (SSSR count). The Morgan fingerprint density at radius 3 is 2.20 bits per heavy atom. The second-order valence-corrected chi connectivity index (χ2v) is 11.6. The number of rotatable bonds is 2. The van der Waals surface area contributed by atoms with E-state index >= 15 is 0 Å². The van der Waals surface area contributed by atoms with Crippen molar-refractivity contribution < 1.29 is 14.4 Å². The minimum absolute atomic E-state index is 0.238. The zero-order valence-corrected chi connectivity index (χ0v) is 21.5. The summed E-state index contributed by atoms with van der Waals surface area (Å²) in [6, 6.07) is 12.7. The summed E-state index contributed by atoms with van der Waals surface area (Å²) in [7, 11) is 2.87. The van der Waals surface area contributed by atoms with Gasteiger partial charge in [0, 0.05) is 41.6 Å². The Balaban J connectivity index is 1.56. The molecular weight excluding hydrogens is 458 g/mol. The van der Waals surface area contributed by atoms with E-state index in [9.17, 15) is 14.4 Å². The van der Waals surface area contributed by atoms with Crippen molar-refractivity contribution in [1.82, 2.24) is 14.4 Å². The normalized spacial score (nSPS) is 17.7. The van der Waals surface area contributed by atoms with Gasteiger partial charge in [-0.05, 0) is 49.2 Å². The highest BCUT2D eigenvalue weighted by Gasteiger charge is 2.43. The predicted octanol–water partition coefficient (Wildman–Crippen LogP) is 5.31. The fourth-order valence-corrected chi connectivity index (χ4v) is 7.13. The molecule has 2 aliphatic rings. The zero-order chi connectivity index (χ0) is 25.0. The molecular formula is C28H27N3O3S. The Morgan fingerprint density at radius 2 is 1.51 bits per heavy atom. The van der Waals surface area contributed by atoms with Gasteiger partial charge in [-0.1, -0.05) is 37.1 Å². The average molecular weight is 486 g/mol. The first kappa shape index (κ1) is 22.0. The van der Waals surface area contributed by atoms with Crippen LogP contribution in [0.25, 0.3) is 26.8 Å². The highest BCUT2D eigenvalue weighted by atomic mass is 32.1. The quantitative estimate of drug-likeness (QED) is 0.362. The van der Waals surface area contributed by atoms with Crippen molar-refractivity contribution in [3.63, 3.8) is 0 Å². The largest absolute Gasteiger partial charge is 0.332 e. The number of benzene rings is 2. The van der Waals surface area contributed by atoms with Gasteiger partial charge in [-0.2, -0.15) is 0 Å². The van der Waals surface area contributed by atoms with Gasteiger partial charge in [-0.15, -0.1) is 11.3 Å². The Hall–Kier alpha value is -3.45. The van der Waals surface area contributed by atoms with Crippen molar-refractivity contribution in [1.29, 1.82) is 0 Å². The zero-order valence-electron chi connectivity index (χ0n) is 20.7. The van der Waals surface area contributed by atoms with Crippen LogP contribution >= 0.6 is 11.3 Å². The molecule has 4 heterocycles. The number of amides is 4. The van der Waals surface area contributed by atoms with Crippen molar-refractivity contribution in [3.8, 4) is 5.00 Å². The Bertz CT molecular complexity index is 1600. The third kappa shape index (κ3) is 2.85. The molecule has 1 saturated heterocycles.